The first-order valence-electron chi connectivity index (χ1n) is 9.22. The first-order valence-corrected chi connectivity index (χ1v) is 9.22. The van der Waals surface area contributed by atoms with Crippen molar-refractivity contribution in [2.75, 3.05) is 18.0 Å². The molecule has 1 fully saturated rings. The van der Waals surface area contributed by atoms with Gasteiger partial charge in [0, 0.05) is 31.9 Å². The van der Waals surface area contributed by atoms with Gasteiger partial charge in [0.05, 0.1) is 29.4 Å². The lowest BCUT2D eigenvalue weighted by Crippen LogP contribution is -2.43. The van der Waals surface area contributed by atoms with Gasteiger partial charge in [0.1, 0.15) is 5.82 Å². The molecule has 0 spiro atoms. The molecule has 0 amide bonds. The molecule has 9 heteroatoms. The summed E-state index contributed by atoms with van der Waals surface area (Å²) in [5.41, 5.74) is 1.02. The Balaban J connectivity index is 1.54. The molecule has 6 nitrogen and oxygen atoms in total. The van der Waals surface area contributed by atoms with Gasteiger partial charge in [0.25, 0.3) is 0 Å². The van der Waals surface area contributed by atoms with Crippen LogP contribution >= 0.6 is 0 Å². The van der Waals surface area contributed by atoms with Crippen LogP contribution in [0.5, 0.6) is 0 Å². The topological polar surface area (TPSA) is 67.1 Å². The van der Waals surface area contributed by atoms with Crippen molar-refractivity contribution in [3.8, 4) is 11.3 Å². The Morgan fingerprint density at radius 2 is 1.72 bits per heavy atom. The highest BCUT2D eigenvalue weighted by Crippen LogP contribution is 2.35. The minimum atomic E-state index is -1.53. The van der Waals surface area contributed by atoms with Crippen molar-refractivity contribution < 1.29 is 18.3 Å². The molecule has 1 aliphatic rings. The summed E-state index contributed by atoms with van der Waals surface area (Å²) in [7, 11) is 1.83. The molecular weight excluding hydrogens is 383 g/mol. The maximum atomic E-state index is 13.6. The third-order valence-corrected chi connectivity index (χ3v) is 5.35. The zero-order valence-electron chi connectivity index (χ0n) is 16.0. The standard InChI is InChI=1S/C20H20F3N5O/c1-12-14(11-27(2)26-12)17-9-24-10-18(25-17)28-5-3-20(29,4-6-28)13-7-15(21)19(23)16(22)8-13/h7-11,29H,3-6H2,1-2H3. The monoisotopic (exact) mass is 403 g/mol. The maximum Gasteiger partial charge on any atom is 0.194 e. The molecule has 29 heavy (non-hydrogen) atoms. The molecule has 152 valence electrons. The van der Waals surface area contributed by atoms with Crippen LogP contribution in [-0.2, 0) is 12.6 Å². The Bertz CT molecular complexity index is 1040. The number of hydrogen-bond donors (Lipinski definition) is 1. The van der Waals surface area contributed by atoms with Gasteiger partial charge in [-0.05, 0) is 37.5 Å². The van der Waals surface area contributed by atoms with Gasteiger partial charge in [-0.3, -0.25) is 9.67 Å². The Hall–Kier alpha value is -2.94. The number of halogens is 3. The van der Waals surface area contributed by atoms with E-state index in [0.717, 1.165) is 23.4 Å². The molecule has 0 bridgehead atoms. The molecule has 3 aromatic rings. The van der Waals surface area contributed by atoms with E-state index in [9.17, 15) is 18.3 Å². The summed E-state index contributed by atoms with van der Waals surface area (Å²) in [4.78, 5) is 10.9. The van der Waals surface area contributed by atoms with Crippen LogP contribution in [0.15, 0.2) is 30.7 Å². The van der Waals surface area contributed by atoms with Crippen LogP contribution in [0.2, 0.25) is 0 Å². The second-order valence-electron chi connectivity index (χ2n) is 7.34. The number of piperidine rings is 1. The minimum Gasteiger partial charge on any atom is -0.385 e. The average Bonchev–Trinajstić information content (AvgIpc) is 3.04. The highest BCUT2D eigenvalue weighted by atomic mass is 19.2. The molecular formula is C20H20F3N5O. The SMILES string of the molecule is Cc1nn(C)cc1-c1cncc(N2CCC(O)(c3cc(F)c(F)c(F)c3)CC2)n1. The van der Waals surface area contributed by atoms with Crippen LogP contribution in [0, 0.1) is 24.4 Å². The highest BCUT2D eigenvalue weighted by Gasteiger charge is 2.36. The molecule has 3 heterocycles. The molecule has 1 aromatic carbocycles. The molecule has 0 saturated carbocycles. The van der Waals surface area contributed by atoms with Crippen LogP contribution in [0.1, 0.15) is 24.1 Å². The van der Waals surface area contributed by atoms with E-state index >= 15 is 0 Å². The van der Waals surface area contributed by atoms with Crippen molar-refractivity contribution in [1.82, 2.24) is 19.7 Å². The zero-order chi connectivity index (χ0) is 20.8. The highest BCUT2D eigenvalue weighted by molar-refractivity contribution is 5.61. The Kier molecular flexibility index (Phi) is 4.77. The summed E-state index contributed by atoms with van der Waals surface area (Å²) in [6.45, 7) is 2.70. The quantitative estimate of drug-likeness (QED) is 0.681. The molecule has 0 radical (unpaired) electrons. The number of aliphatic hydroxyl groups is 1. The summed E-state index contributed by atoms with van der Waals surface area (Å²) >= 11 is 0. The van der Waals surface area contributed by atoms with Crippen LogP contribution < -0.4 is 4.90 Å². The van der Waals surface area contributed by atoms with E-state index in [1.165, 1.54) is 0 Å². The van der Waals surface area contributed by atoms with Crippen molar-refractivity contribution in [3.05, 3.63) is 59.4 Å². The van der Waals surface area contributed by atoms with Crippen molar-refractivity contribution in [3.63, 3.8) is 0 Å². The number of nitrogens with zero attached hydrogens (tertiary/aromatic N) is 5. The summed E-state index contributed by atoms with van der Waals surface area (Å²) in [6, 6.07) is 1.72. The first kappa shape index (κ1) is 19.4. The third kappa shape index (κ3) is 3.57. The fourth-order valence-electron chi connectivity index (χ4n) is 3.71. The Morgan fingerprint density at radius 3 is 2.31 bits per heavy atom. The summed E-state index contributed by atoms with van der Waals surface area (Å²) in [5.74, 6) is -3.50. The van der Waals surface area contributed by atoms with Gasteiger partial charge in [-0.1, -0.05) is 0 Å². The molecule has 4 rings (SSSR count). The van der Waals surface area contributed by atoms with Crippen molar-refractivity contribution in [2.45, 2.75) is 25.4 Å². The normalized spacial score (nSPS) is 16.3. The second-order valence-corrected chi connectivity index (χ2v) is 7.34. The molecule has 0 unspecified atom stereocenters. The van der Waals surface area contributed by atoms with E-state index in [-0.39, 0.29) is 18.4 Å². The zero-order valence-corrected chi connectivity index (χ0v) is 16.0. The van der Waals surface area contributed by atoms with E-state index in [0.29, 0.717) is 24.6 Å². The lowest BCUT2D eigenvalue weighted by Gasteiger charge is -2.39. The summed E-state index contributed by atoms with van der Waals surface area (Å²) in [6.07, 6.45) is 5.61. The molecule has 0 atom stereocenters. The van der Waals surface area contributed by atoms with Gasteiger partial charge in [-0.25, -0.2) is 18.2 Å². The van der Waals surface area contributed by atoms with Gasteiger partial charge in [0.15, 0.2) is 17.5 Å². The Labute approximate surface area is 165 Å². The summed E-state index contributed by atoms with van der Waals surface area (Å²) in [5, 5.41) is 15.2. The second kappa shape index (κ2) is 7.14. The number of aromatic nitrogens is 4. The number of anilines is 1. The summed E-state index contributed by atoms with van der Waals surface area (Å²) < 4.78 is 42.1. The predicted octanol–water partition coefficient (Wildman–Crippen LogP) is 3.09. The number of benzene rings is 1. The van der Waals surface area contributed by atoms with E-state index in [1.807, 2.05) is 25.1 Å². The van der Waals surface area contributed by atoms with Crippen LogP contribution in [0.3, 0.4) is 0 Å². The van der Waals surface area contributed by atoms with Gasteiger partial charge >= 0.3 is 0 Å². The number of hydrogen-bond acceptors (Lipinski definition) is 5. The molecule has 1 N–H and O–H groups in total. The smallest absolute Gasteiger partial charge is 0.194 e. The lowest BCUT2D eigenvalue weighted by molar-refractivity contribution is 0.0109. The Morgan fingerprint density at radius 1 is 1.07 bits per heavy atom. The number of rotatable bonds is 3. The van der Waals surface area contributed by atoms with Crippen LogP contribution in [0.4, 0.5) is 19.0 Å². The first-order chi connectivity index (χ1) is 13.8. The lowest BCUT2D eigenvalue weighted by atomic mass is 9.84. The minimum absolute atomic E-state index is 0.0411. The van der Waals surface area contributed by atoms with Crippen LogP contribution in [0.25, 0.3) is 11.3 Å². The largest absolute Gasteiger partial charge is 0.385 e. The number of aryl methyl sites for hydroxylation is 2. The van der Waals surface area contributed by atoms with Crippen molar-refractivity contribution in [1.29, 1.82) is 0 Å². The third-order valence-electron chi connectivity index (χ3n) is 5.35. The van der Waals surface area contributed by atoms with Gasteiger partial charge in [-0.2, -0.15) is 5.10 Å². The van der Waals surface area contributed by atoms with Crippen LogP contribution in [-0.4, -0.2) is 37.9 Å². The van der Waals surface area contributed by atoms with E-state index in [4.69, 9.17) is 0 Å². The van der Waals surface area contributed by atoms with Gasteiger partial charge in [0.2, 0.25) is 0 Å². The fourth-order valence-corrected chi connectivity index (χ4v) is 3.71. The molecule has 0 aliphatic carbocycles. The average molecular weight is 403 g/mol. The fraction of sp³-hybridized carbons (Fsp3) is 0.350. The molecule has 2 aromatic heterocycles. The molecule has 1 saturated heterocycles. The van der Waals surface area contributed by atoms with E-state index < -0.39 is 23.1 Å². The van der Waals surface area contributed by atoms with Crippen molar-refractivity contribution >= 4 is 5.82 Å². The van der Waals surface area contributed by atoms with Gasteiger partial charge < -0.3 is 10.0 Å². The van der Waals surface area contributed by atoms with Crippen molar-refractivity contribution in [2.24, 2.45) is 7.05 Å². The maximum absolute atomic E-state index is 13.6. The predicted molar refractivity (Wildman–Crippen MR) is 101 cm³/mol. The van der Waals surface area contributed by atoms with E-state index in [2.05, 4.69) is 15.1 Å². The molecule has 1 aliphatic heterocycles. The van der Waals surface area contributed by atoms with E-state index in [1.54, 1.807) is 17.1 Å². The van der Waals surface area contributed by atoms with Gasteiger partial charge in [-0.15, -0.1) is 0 Å².